The summed E-state index contributed by atoms with van der Waals surface area (Å²) in [6, 6.07) is 2.03. The van der Waals surface area contributed by atoms with Crippen molar-refractivity contribution in [3.8, 4) is 0 Å². The molecule has 2 rings (SSSR count). The van der Waals surface area contributed by atoms with Crippen LogP contribution in [0.1, 0.15) is 60.7 Å². The quantitative estimate of drug-likeness (QED) is 0.647. The van der Waals surface area contributed by atoms with Gasteiger partial charge in [-0.05, 0) is 29.9 Å². The number of carbonyl (C=O) groups is 1. The molecule has 0 radical (unpaired) electrons. The number of carboxylic acids is 1. The number of rotatable bonds is 8. The van der Waals surface area contributed by atoms with Gasteiger partial charge in [0.25, 0.3) is 0 Å². The number of carboxylic acid groups (broad SMARTS) is 1. The smallest absolute Gasteiger partial charge is 0.346 e. The Balaban J connectivity index is 1.96. The maximum absolute atomic E-state index is 11.3. The van der Waals surface area contributed by atoms with E-state index in [4.69, 9.17) is 0 Å². The second-order valence-corrected chi connectivity index (χ2v) is 6.81. The topological polar surface area (TPSA) is 37.3 Å². The summed E-state index contributed by atoms with van der Waals surface area (Å²) in [4.78, 5) is 11.8. The molecule has 0 unspecified atom stereocenters. The molecule has 0 aliphatic rings. The number of fused-ring (bicyclic) bond motifs is 1. The summed E-state index contributed by atoms with van der Waals surface area (Å²) in [5.41, 5.74) is 1.07. The molecular weight excluding hydrogens is 276 g/mol. The molecule has 4 heteroatoms. The van der Waals surface area contributed by atoms with E-state index in [2.05, 4.69) is 12.3 Å². The molecule has 0 spiro atoms. The first kappa shape index (κ1) is 14.5. The summed E-state index contributed by atoms with van der Waals surface area (Å²) in [7, 11) is 0. The molecule has 0 aliphatic carbocycles. The molecule has 0 saturated carbocycles. The van der Waals surface area contributed by atoms with Crippen molar-refractivity contribution in [3.05, 3.63) is 21.9 Å². The Hall–Kier alpha value is -0.870. The molecule has 0 fully saturated rings. The van der Waals surface area contributed by atoms with Gasteiger partial charge in [-0.25, -0.2) is 4.79 Å². The van der Waals surface area contributed by atoms with Crippen LogP contribution >= 0.6 is 22.7 Å². The maximum atomic E-state index is 11.3. The Labute approximate surface area is 122 Å². The minimum absolute atomic E-state index is 0.551. The van der Waals surface area contributed by atoms with Gasteiger partial charge in [-0.2, -0.15) is 0 Å². The third-order valence-corrected chi connectivity index (χ3v) is 5.65. The number of aryl methyl sites for hydroxylation is 1. The number of hydrogen-bond acceptors (Lipinski definition) is 3. The number of hydrogen-bond donors (Lipinski definition) is 1. The lowest BCUT2D eigenvalue weighted by Gasteiger charge is -2.02. The van der Waals surface area contributed by atoms with Gasteiger partial charge in [-0.1, -0.05) is 39.0 Å². The van der Waals surface area contributed by atoms with Gasteiger partial charge in [0.05, 0.1) is 0 Å². The van der Waals surface area contributed by atoms with E-state index in [-0.39, 0.29) is 0 Å². The molecule has 1 N–H and O–H groups in total. The molecular formula is C15H20O2S2. The molecule has 19 heavy (non-hydrogen) atoms. The fraction of sp³-hybridized carbons (Fsp3) is 0.533. The van der Waals surface area contributed by atoms with Crippen LogP contribution in [-0.4, -0.2) is 11.1 Å². The Morgan fingerprint density at radius 1 is 1.21 bits per heavy atom. The van der Waals surface area contributed by atoms with Gasteiger partial charge in [0.15, 0.2) is 0 Å². The normalized spacial score (nSPS) is 11.2. The first-order chi connectivity index (χ1) is 9.24. The van der Waals surface area contributed by atoms with Gasteiger partial charge in [0.2, 0.25) is 0 Å². The van der Waals surface area contributed by atoms with E-state index in [0.717, 1.165) is 23.1 Å². The summed E-state index contributed by atoms with van der Waals surface area (Å²) < 4.78 is 2.32. The first-order valence-electron chi connectivity index (χ1n) is 6.96. The number of unbranched alkanes of at least 4 members (excludes halogenated alkanes) is 5. The van der Waals surface area contributed by atoms with E-state index in [1.54, 1.807) is 11.3 Å². The lowest BCUT2D eigenvalue weighted by Crippen LogP contribution is -1.97. The molecule has 104 valence electrons. The second-order valence-electron chi connectivity index (χ2n) is 4.85. The Bertz CT molecular complexity index is 539. The zero-order valence-corrected chi connectivity index (χ0v) is 12.9. The van der Waals surface area contributed by atoms with E-state index in [0.29, 0.717) is 4.88 Å². The third kappa shape index (κ3) is 3.57. The van der Waals surface area contributed by atoms with Crippen LogP contribution in [0, 0.1) is 0 Å². The first-order valence-corrected chi connectivity index (χ1v) is 8.65. The van der Waals surface area contributed by atoms with E-state index < -0.39 is 5.97 Å². The predicted molar refractivity (Wildman–Crippen MR) is 83.7 cm³/mol. The summed E-state index contributed by atoms with van der Waals surface area (Å²) in [5, 5.41) is 11.3. The molecule has 0 atom stereocenters. The van der Waals surface area contributed by atoms with Gasteiger partial charge >= 0.3 is 5.97 Å². The summed E-state index contributed by atoms with van der Waals surface area (Å²) in [6.07, 6.45) is 8.38. The van der Waals surface area contributed by atoms with Crippen LogP contribution in [0.3, 0.4) is 0 Å². The highest BCUT2D eigenvalue weighted by atomic mass is 32.1. The van der Waals surface area contributed by atoms with Gasteiger partial charge in [-0.3, -0.25) is 0 Å². The molecule has 2 heterocycles. The van der Waals surface area contributed by atoms with Gasteiger partial charge in [-0.15, -0.1) is 22.7 Å². The molecule has 0 amide bonds. The number of thiophene rings is 2. The van der Waals surface area contributed by atoms with Crippen LogP contribution in [0.25, 0.3) is 9.40 Å². The summed E-state index contributed by atoms with van der Waals surface area (Å²) >= 11 is 3.09. The van der Waals surface area contributed by atoms with Crippen LogP contribution in [0.2, 0.25) is 0 Å². The van der Waals surface area contributed by atoms with Crippen molar-refractivity contribution in [2.24, 2.45) is 0 Å². The van der Waals surface area contributed by atoms with E-state index in [1.807, 2.05) is 6.07 Å². The molecule has 2 nitrogen and oxygen atoms in total. The zero-order valence-electron chi connectivity index (χ0n) is 11.3. The molecule has 0 aromatic carbocycles. The predicted octanol–water partition coefficient (Wildman–Crippen LogP) is 5.56. The van der Waals surface area contributed by atoms with Crippen molar-refractivity contribution in [2.75, 3.05) is 0 Å². The fourth-order valence-electron chi connectivity index (χ4n) is 2.35. The van der Waals surface area contributed by atoms with Crippen molar-refractivity contribution in [2.45, 2.75) is 51.9 Å². The zero-order chi connectivity index (χ0) is 13.7. The van der Waals surface area contributed by atoms with Crippen LogP contribution in [-0.2, 0) is 6.42 Å². The van der Waals surface area contributed by atoms with Gasteiger partial charge in [0, 0.05) is 9.40 Å². The molecule has 0 bridgehead atoms. The average molecular weight is 296 g/mol. The van der Waals surface area contributed by atoms with Crippen LogP contribution in [0.5, 0.6) is 0 Å². The fourth-order valence-corrected chi connectivity index (χ4v) is 4.63. The standard InChI is InChI=1S/C15H20O2S2/c1-2-3-4-5-6-7-8-11-13-12(9-10-18-13)19-14(11)15(16)17/h9-10H,2-8H2,1H3,(H,16,17). The lowest BCUT2D eigenvalue weighted by molar-refractivity contribution is 0.0701. The van der Waals surface area contributed by atoms with Crippen LogP contribution < -0.4 is 0 Å². The van der Waals surface area contributed by atoms with Gasteiger partial charge < -0.3 is 5.11 Å². The molecule has 2 aromatic heterocycles. The van der Waals surface area contributed by atoms with E-state index >= 15 is 0 Å². The van der Waals surface area contributed by atoms with Crippen molar-refractivity contribution >= 4 is 38.0 Å². The van der Waals surface area contributed by atoms with Crippen molar-refractivity contribution in [3.63, 3.8) is 0 Å². The van der Waals surface area contributed by atoms with E-state index in [9.17, 15) is 9.90 Å². The largest absolute Gasteiger partial charge is 0.477 e. The van der Waals surface area contributed by atoms with Crippen molar-refractivity contribution in [1.29, 1.82) is 0 Å². The Kier molecular flexibility index (Phi) is 5.40. The lowest BCUT2D eigenvalue weighted by atomic mass is 10.1. The van der Waals surface area contributed by atoms with Crippen molar-refractivity contribution < 1.29 is 9.90 Å². The molecule has 0 aliphatic heterocycles. The highest BCUT2D eigenvalue weighted by Gasteiger charge is 2.17. The van der Waals surface area contributed by atoms with E-state index in [1.165, 1.54) is 48.1 Å². The summed E-state index contributed by atoms with van der Waals surface area (Å²) in [5.74, 6) is -0.769. The third-order valence-electron chi connectivity index (χ3n) is 3.36. The number of aromatic carboxylic acids is 1. The Morgan fingerprint density at radius 3 is 2.68 bits per heavy atom. The minimum Gasteiger partial charge on any atom is -0.477 e. The highest BCUT2D eigenvalue weighted by Crippen LogP contribution is 2.36. The monoisotopic (exact) mass is 296 g/mol. The Morgan fingerprint density at radius 2 is 1.95 bits per heavy atom. The maximum Gasteiger partial charge on any atom is 0.346 e. The summed E-state index contributed by atoms with van der Waals surface area (Å²) in [6.45, 7) is 2.22. The van der Waals surface area contributed by atoms with Gasteiger partial charge in [0.1, 0.15) is 4.88 Å². The van der Waals surface area contributed by atoms with Crippen LogP contribution in [0.15, 0.2) is 11.4 Å². The van der Waals surface area contributed by atoms with Crippen LogP contribution in [0.4, 0.5) is 0 Å². The van der Waals surface area contributed by atoms with Crippen molar-refractivity contribution in [1.82, 2.24) is 0 Å². The molecule has 0 saturated heterocycles. The SMILES string of the molecule is CCCCCCCCc1c(C(=O)O)sc2ccsc12. The second kappa shape index (κ2) is 7.06. The minimum atomic E-state index is -0.769. The average Bonchev–Trinajstić information content (AvgIpc) is 2.95. The molecule has 2 aromatic rings. The highest BCUT2D eigenvalue weighted by molar-refractivity contribution is 7.28.